The summed E-state index contributed by atoms with van der Waals surface area (Å²) in [5.41, 5.74) is 3.63. The number of nitrogens with zero attached hydrogens (tertiary/aromatic N) is 3. The Hall–Kier alpha value is -1.40. The van der Waals surface area contributed by atoms with Crippen LogP contribution in [0.4, 0.5) is 11.6 Å². The third kappa shape index (κ3) is 2.79. The van der Waals surface area contributed by atoms with E-state index >= 15 is 0 Å². The van der Waals surface area contributed by atoms with Crippen LogP contribution >= 0.6 is 0 Å². The number of aryl methyl sites for hydroxylation is 1. The maximum atomic E-state index is 9.17. The van der Waals surface area contributed by atoms with Crippen LogP contribution in [0.1, 0.15) is 37.6 Å². The molecule has 0 aromatic carbocycles. The first kappa shape index (κ1) is 14.0. The first-order valence-electron chi connectivity index (χ1n) is 6.92. The van der Waals surface area contributed by atoms with Crippen molar-refractivity contribution >= 4 is 11.6 Å². The lowest BCUT2D eigenvalue weighted by molar-refractivity contribution is 0.275. The van der Waals surface area contributed by atoms with E-state index in [1.807, 2.05) is 13.8 Å². The summed E-state index contributed by atoms with van der Waals surface area (Å²) < 4.78 is 0. The second kappa shape index (κ2) is 6.16. The zero-order valence-electron chi connectivity index (χ0n) is 11.7. The molecule has 1 aromatic rings. The van der Waals surface area contributed by atoms with Gasteiger partial charge in [0.25, 0.3) is 0 Å². The molecule has 1 saturated heterocycles. The summed E-state index contributed by atoms with van der Waals surface area (Å²) in [6.07, 6.45) is 3.81. The molecule has 1 aliphatic rings. The molecule has 0 spiro atoms. The van der Waals surface area contributed by atoms with Gasteiger partial charge in [0.1, 0.15) is 17.5 Å². The fraction of sp³-hybridized carbons (Fsp3) is 0.692. The van der Waals surface area contributed by atoms with Gasteiger partial charge in [0.2, 0.25) is 0 Å². The van der Waals surface area contributed by atoms with Crippen LogP contribution in [-0.4, -0.2) is 34.3 Å². The highest BCUT2D eigenvalue weighted by Crippen LogP contribution is 2.30. The van der Waals surface area contributed by atoms with Crippen molar-refractivity contribution in [3.05, 3.63) is 11.4 Å². The van der Waals surface area contributed by atoms with Gasteiger partial charge in [-0.1, -0.05) is 6.92 Å². The molecule has 0 bridgehead atoms. The van der Waals surface area contributed by atoms with Gasteiger partial charge in [-0.2, -0.15) is 0 Å². The molecule has 1 aromatic heterocycles. The van der Waals surface area contributed by atoms with Crippen LogP contribution in [-0.2, 0) is 6.42 Å². The van der Waals surface area contributed by atoms with Gasteiger partial charge in [-0.3, -0.25) is 0 Å². The van der Waals surface area contributed by atoms with Gasteiger partial charge in [0, 0.05) is 31.2 Å². The number of nitrogens with one attached hydrogen (secondary N) is 1. The average molecular weight is 265 g/mol. The van der Waals surface area contributed by atoms with Gasteiger partial charge in [-0.05, 0) is 26.2 Å². The lowest BCUT2D eigenvalue weighted by atomic mass is 10.1. The zero-order valence-corrected chi connectivity index (χ0v) is 11.7. The number of aromatic nitrogens is 2. The maximum absolute atomic E-state index is 9.17. The van der Waals surface area contributed by atoms with Gasteiger partial charge in [-0.25, -0.2) is 15.8 Å². The SMILES string of the molecule is CCc1nc(NN)c(C)c(N2CCCC2CCO)n1. The van der Waals surface area contributed by atoms with E-state index in [1.54, 1.807) is 0 Å². The van der Waals surface area contributed by atoms with Crippen LogP contribution in [0.25, 0.3) is 0 Å². The Morgan fingerprint density at radius 1 is 1.47 bits per heavy atom. The summed E-state index contributed by atoms with van der Waals surface area (Å²) >= 11 is 0. The first-order valence-corrected chi connectivity index (χ1v) is 6.92. The van der Waals surface area contributed by atoms with Crippen molar-refractivity contribution in [2.24, 2.45) is 5.84 Å². The Morgan fingerprint density at radius 2 is 2.26 bits per heavy atom. The van der Waals surface area contributed by atoms with Crippen LogP contribution in [0.2, 0.25) is 0 Å². The number of hydrogen-bond donors (Lipinski definition) is 3. The number of hydrazine groups is 1. The molecule has 2 rings (SSSR count). The van der Waals surface area contributed by atoms with Gasteiger partial charge in [0.15, 0.2) is 0 Å². The molecule has 1 atom stereocenters. The highest BCUT2D eigenvalue weighted by Gasteiger charge is 2.27. The maximum Gasteiger partial charge on any atom is 0.148 e. The fourth-order valence-electron chi connectivity index (χ4n) is 2.69. The van der Waals surface area contributed by atoms with Crippen molar-refractivity contribution in [2.75, 3.05) is 23.5 Å². The van der Waals surface area contributed by atoms with Crippen molar-refractivity contribution < 1.29 is 5.11 Å². The minimum absolute atomic E-state index is 0.216. The van der Waals surface area contributed by atoms with Crippen molar-refractivity contribution in [1.29, 1.82) is 0 Å². The minimum atomic E-state index is 0.216. The van der Waals surface area contributed by atoms with Crippen LogP contribution < -0.4 is 16.2 Å². The summed E-state index contributed by atoms with van der Waals surface area (Å²) in [5, 5.41) is 9.17. The minimum Gasteiger partial charge on any atom is -0.396 e. The fourth-order valence-corrected chi connectivity index (χ4v) is 2.69. The number of nitrogen functional groups attached to an aromatic ring is 1. The standard InChI is InChI=1S/C13H23N5O/c1-3-11-15-12(17-14)9(2)13(16-11)18-7-4-5-10(18)6-8-19/h10,19H,3-8,14H2,1-2H3,(H,15,16,17). The number of nitrogens with two attached hydrogens (primary N) is 1. The van der Waals surface area contributed by atoms with E-state index in [4.69, 9.17) is 5.84 Å². The lowest BCUT2D eigenvalue weighted by Crippen LogP contribution is -2.32. The normalized spacial score (nSPS) is 18.9. The molecule has 0 saturated carbocycles. The summed E-state index contributed by atoms with van der Waals surface area (Å²) in [7, 11) is 0. The summed E-state index contributed by atoms with van der Waals surface area (Å²) in [6.45, 7) is 5.21. The largest absolute Gasteiger partial charge is 0.396 e. The molecule has 1 aliphatic heterocycles. The molecule has 0 radical (unpaired) electrons. The molecule has 19 heavy (non-hydrogen) atoms. The number of anilines is 2. The molecule has 106 valence electrons. The number of aliphatic hydroxyl groups excluding tert-OH is 1. The van der Waals surface area contributed by atoms with Crippen LogP contribution in [0, 0.1) is 6.92 Å². The Morgan fingerprint density at radius 3 is 2.89 bits per heavy atom. The smallest absolute Gasteiger partial charge is 0.148 e. The molecule has 6 heteroatoms. The van der Waals surface area contributed by atoms with E-state index in [2.05, 4.69) is 20.3 Å². The van der Waals surface area contributed by atoms with E-state index < -0.39 is 0 Å². The predicted octanol–water partition coefficient (Wildman–Crippen LogP) is 0.984. The van der Waals surface area contributed by atoms with Gasteiger partial charge >= 0.3 is 0 Å². The van der Waals surface area contributed by atoms with Crippen molar-refractivity contribution in [3.63, 3.8) is 0 Å². The van der Waals surface area contributed by atoms with Gasteiger partial charge in [-0.15, -0.1) is 0 Å². The van der Waals surface area contributed by atoms with E-state index in [-0.39, 0.29) is 6.61 Å². The summed E-state index contributed by atoms with van der Waals surface area (Å²) in [6, 6.07) is 0.369. The molecular formula is C13H23N5O. The summed E-state index contributed by atoms with van der Waals surface area (Å²) in [5.74, 6) is 7.98. The highest BCUT2D eigenvalue weighted by atomic mass is 16.3. The third-order valence-electron chi connectivity index (χ3n) is 3.73. The topological polar surface area (TPSA) is 87.3 Å². The Labute approximate surface area is 114 Å². The Kier molecular flexibility index (Phi) is 4.55. The molecule has 1 fully saturated rings. The van der Waals surface area contributed by atoms with Gasteiger partial charge < -0.3 is 15.4 Å². The quantitative estimate of drug-likeness (QED) is 0.543. The number of rotatable bonds is 5. The van der Waals surface area contributed by atoms with E-state index in [1.165, 1.54) is 0 Å². The second-order valence-corrected chi connectivity index (χ2v) is 4.94. The van der Waals surface area contributed by atoms with Crippen LogP contribution in [0.15, 0.2) is 0 Å². The molecular weight excluding hydrogens is 242 g/mol. The number of hydrogen-bond acceptors (Lipinski definition) is 6. The molecule has 6 nitrogen and oxygen atoms in total. The highest BCUT2D eigenvalue weighted by molar-refractivity contribution is 5.59. The summed E-state index contributed by atoms with van der Waals surface area (Å²) in [4.78, 5) is 11.3. The van der Waals surface area contributed by atoms with Crippen LogP contribution in [0.3, 0.4) is 0 Å². The zero-order chi connectivity index (χ0) is 13.8. The van der Waals surface area contributed by atoms with Crippen molar-refractivity contribution in [2.45, 2.75) is 45.6 Å². The van der Waals surface area contributed by atoms with Gasteiger partial charge in [0.05, 0.1) is 0 Å². The van der Waals surface area contributed by atoms with E-state index in [9.17, 15) is 5.11 Å². The van der Waals surface area contributed by atoms with E-state index in [0.717, 1.165) is 49.4 Å². The third-order valence-corrected chi connectivity index (χ3v) is 3.73. The molecule has 0 amide bonds. The Balaban J connectivity index is 2.37. The molecule has 4 N–H and O–H groups in total. The lowest BCUT2D eigenvalue weighted by Gasteiger charge is -2.27. The van der Waals surface area contributed by atoms with Crippen molar-refractivity contribution in [1.82, 2.24) is 9.97 Å². The van der Waals surface area contributed by atoms with Crippen molar-refractivity contribution in [3.8, 4) is 0 Å². The molecule has 0 aliphatic carbocycles. The van der Waals surface area contributed by atoms with E-state index in [0.29, 0.717) is 11.9 Å². The molecule has 2 heterocycles. The second-order valence-electron chi connectivity index (χ2n) is 4.94. The first-order chi connectivity index (χ1) is 9.21. The monoisotopic (exact) mass is 265 g/mol. The van der Waals surface area contributed by atoms with Crippen LogP contribution in [0.5, 0.6) is 0 Å². The number of aliphatic hydroxyl groups is 1. The Bertz CT molecular complexity index is 437. The molecule has 1 unspecified atom stereocenters. The predicted molar refractivity (Wildman–Crippen MR) is 76.0 cm³/mol. The average Bonchev–Trinajstić information content (AvgIpc) is 2.87.